The number of ether oxygens (including phenoxy) is 2. The molecule has 5 nitrogen and oxygen atoms in total. The highest BCUT2D eigenvalue weighted by atomic mass is 19.1. The zero-order valence-electron chi connectivity index (χ0n) is 12.2. The lowest BCUT2D eigenvalue weighted by Crippen LogP contribution is -2.49. The highest BCUT2D eigenvalue weighted by Gasteiger charge is 2.26. The largest absolute Gasteiger partial charge is 0.494 e. The Bertz CT molecular complexity index is 508. The van der Waals surface area contributed by atoms with Crippen molar-refractivity contribution in [1.29, 1.82) is 0 Å². The predicted molar refractivity (Wildman–Crippen MR) is 75.1 cm³/mol. The first-order valence-electron chi connectivity index (χ1n) is 6.89. The summed E-state index contributed by atoms with van der Waals surface area (Å²) in [6.07, 6.45) is -0.328. The van der Waals surface area contributed by atoms with Crippen LogP contribution in [0.25, 0.3) is 0 Å². The van der Waals surface area contributed by atoms with E-state index in [9.17, 15) is 14.3 Å². The summed E-state index contributed by atoms with van der Waals surface area (Å²) < 4.78 is 24.0. The SMILES string of the molecule is COc1ccc(C(=O)CN2CC(C)OC(CO)C2)cc1F. The fourth-order valence-electron chi connectivity index (χ4n) is 2.50. The molecule has 1 aliphatic heterocycles. The fourth-order valence-corrected chi connectivity index (χ4v) is 2.50. The molecule has 0 spiro atoms. The number of halogens is 1. The summed E-state index contributed by atoms with van der Waals surface area (Å²) in [5, 5.41) is 9.17. The third kappa shape index (κ3) is 4.00. The first-order chi connectivity index (χ1) is 10.0. The Labute approximate surface area is 123 Å². The first kappa shape index (κ1) is 15.9. The van der Waals surface area contributed by atoms with Crippen molar-refractivity contribution in [2.75, 3.05) is 33.4 Å². The van der Waals surface area contributed by atoms with Crippen LogP contribution in [0.5, 0.6) is 5.75 Å². The van der Waals surface area contributed by atoms with E-state index in [0.29, 0.717) is 18.7 Å². The molecule has 2 rings (SSSR count). The topological polar surface area (TPSA) is 59.0 Å². The van der Waals surface area contributed by atoms with Crippen molar-refractivity contribution in [3.8, 4) is 5.75 Å². The molecule has 1 N–H and O–H groups in total. The maximum Gasteiger partial charge on any atom is 0.176 e. The molecule has 1 fully saturated rings. The number of methoxy groups -OCH3 is 1. The lowest BCUT2D eigenvalue weighted by molar-refractivity contribution is -0.0926. The average Bonchev–Trinajstić information content (AvgIpc) is 2.46. The minimum absolute atomic E-state index is 0.0451. The van der Waals surface area contributed by atoms with E-state index in [2.05, 4.69) is 0 Å². The molecule has 21 heavy (non-hydrogen) atoms. The van der Waals surface area contributed by atoms with Gasteiger partial charge in [-0.25, -0.2) is 4.39 Å². The Morgan fingerprint density at radius 2 is 2.29 bits per heavy atom. The van der Waals surface area contributed by atoms with Gasteiger partial charge in [-0.3, -0.25) is 9.69 Å². The van der Waals surface area contributed by atoms with Crippen molar-refractivity contribution in [3.63, 3.8) is 0 Å². The van der Waals surface area contributed by atoms with Gasteiger partial charge in [-0.1, -0.05) is 0 Å². The van der Waals surface area contributed by atoms with Crippen LogP contribution < -0.4 is 4.74 Å². The van der Waals surface area contributed by atoms with E-state index >= 15 is 0 Å². The Morgan fingerprint density at radius 1 is 1.52 bits per heavy atom. The summed E-state index contributed by atoms with van der Waals surface area (Å²) in [4.78, 5) is 14.1. The van der Waals surface area contributed by atoms with E-state index in [1.807, 2.05) is 11.8 Å². The third-order valence-electron chi connectivity index (χ3n) is 3.45. The van der Waals surface area contributed by atoms with Gasteiger partial charge in [0.15, 0.2) is 17.3 Å². The van der Waals surface area contributed by atoms with Crippen molar-refractivity contribution in [1.82, 2.24) is 4.90 Å². The Morgan fingerprint density at radius 3 is 2.90 bits per heavy atom. The molecule has 0 amide bonds. The number of rotatable bonds is 5. The number of morpholine rings is 1. The first-order valence-corrected chi connectivity index (χ1v) is 6.89. The number of aliphatic hydroxyl groups is 1. The Kier molecular flexibility index (Phi) is 5.27. The van der Waals surface area contributed by atoms with Gasteiger partial charge in [0, 0.05) is 18.7 Å². The molecular weight excluding hydrogens is 277 g/mol. The molecule has 2 unspecified atom stereocenters. The number of carbonyl (C=O) groups is 1. The summed E-state index contributed by atoms with van der Waals surface area (Å²) in [5.41, 5.74) is 0.313. The molecule has 2 atom stereocenters. The van der Waals surface area contributed by atoms with Crippen LogP contribution in [0.2, 0.25) is 0 Å². The standard InChI is InChI=1S/C15H20FNO4/c1-10-6-17(7-12(9-18)21-10)8-14(19)11-3-4-15(20-2)13(16)5-11/h3-5,10,12,18H,6-9H2,1-2H3. The number of hydrogen-bond acceptors (Lipinski definition) is 5. The summed E-state index contributed by atoms with van der Waals surface area (Å²) in [7, 11) is 1.38. The molecule has 0 saturated carbocycles. The highest BCUT2D eigenvalue weighted by Crippen LogP contribution is 2.19. The lowest BCUT2D eigenvalue weighted by Gasteiger charge is -2.35. The molecule has 0 bridgehead atoms. The monoisotopic (exact) mass is 297 g/mol. The van der Waals surface area contributed by atoms with Gasteiger partial charge >= 0.3 is 0 Å². The molecular formula is C15H20FNO4. The second kappa shape index (κ2) is 6.98. The van der Waals surface area contributed by atoms with Crippen LogP contribution in [0.3, 0.4) is 0 Å². The number of carbonyl (C=O) groups excluding carboxylic acids is 1. The lowest BCUT2D eigenvalue weighted by atomic mass is 10.1. The van der Waals surface area contributed by atoms with Crippen molar-refractivity contribution in [3.05, 3.63) is 29.6 Å². The number of ketones is 1. The van der Waals surface area contributed by atoms with Gasteiger partial charge in [-0.15, -0.1) is 0 Å². The number of benzene rings is 1. The molecule has 1 aromatic rings. The van der Waals surface area contributed by atoms with Gasteiger partial charge in [-0.2, -0.15) is 0 Å². The van der Waals surface area contributed by atoms with Crippen LogP contribution in [0.4, 0.5) is 4.39 Å². The van der Waals surface area contributed by atoms with Gasteiger partial charge in [0.2, 0.25) is 0 Å². The summed E-state index contributed by atoms with van der Waals surface area (Å²) in [6, 6.07) is 4.19. The number of aliphatic hydroxyl groups excluding tert-OH is 1. The number of hydrogen-bond donors (Lipinski definition) is 1. The minimum atomic E-state index is -0.549. The molecule has 116 valence electrons. The van der Waals surface area contributed by atoms with Crippen molar-refractivity contribution in [2.24, 2.45) is 0 Å². The molecule has 6 heteroatoms. The molecule has 0 aliphatic carbocycles. The van der Waals surface area contributed by atoms with Crippen molar-refractivity contribution >= 4 is 5.78 Å². The van der Waals surface area contributed by atoms with Gasteiger partial charge < -0.3 is 14.6 Å². The zero-order chi connectivity index (χ0) is 15.4. The molecule has 1 aliphatic rings. The van der Waals surface area contributed by atoms with Crippen LogP contribution in [0, 0.1) is 5.82 Å². The fraction of sp³-hybridized carbons (Fsp3) is 0.533. The summed E-state index contributed by atoms with van der Waals surface area (Å²) in [5.74, 6) is -0.596. The van der Waals surface area contributed by atoms with Crippen LogP contribution in [0.15, 0.2) is 18.2 Å². The maximum atomic E-state index is 13.6. The van der Waals surface area contributed by atoms with Gasteiger partial charge in [0.05, 0.1) is 32.5 Å². The van der Waals surface area contributed by atoms with Gasteiger partial charge in [0.25, 0.3) is 0 Å². The predicted octanol–water partition coefficient (Wildman–Crippen LogP) is 1.10. The summed E-state index contributed by atoms with van der Waals surface area (Å²) in [6.45, 7) is 3.10. The number of Topliss-reactive ketones (excluding diaryl/α,β-unsaturated/α-hetero) is 1. The van der Waals surface area contributed by atoms with E-state index in [1.54, 1.807) is 6.07 Å². The molecule has 0 radical (unpaired) electrons. The normalized spacial score (nSPS) is 23.0. The van der Waals surface area contributed by atoms with E-state index in [-0.39, 0.29) is 36.9 Å². The van der Waals surface area contributed by atoms with E-state index < -0.39 is 5.82 Å². The molecule has 1 heterocycles. The van der Waals surface area contributed by atoms with E-state index in [0.717, 1.165) is 0 Å². The minimum Gasteiger partial charge on any atom is -0.494 e. The number of nitrogens with zero attached hydrogens (tertiary/aromatic N) is 1. The van der Waals surface area contributed by atoms with Gasteiger partial charge in [-0.05, 0) is 25.1 Å². The highest BCUT2D eigenvalue weighted by molar-refractivity contribution is 5.97. The second-order valence-corrected chi connectivity index (χ2v) is 5.22. The van der Waals surface area contributed by atoms with Crippen molar-refractivity contribution in [2.45, 2.75) is 19.1 Å². The van der Waals surface area contributed by atoms with Crippen LogP contribution in [-0.4, -0.2) is 61.3 Å². The smallest absolute Gasteiger partial charge is 0.176 e. The molecule has 1 aromatic carbocycles. The third-order valence-corrected chi connectivity index (χ3v) is 3.45. The average molecular weight is 297 g/mol. The summed E-state index contributed by atoms with van der Waals surface area (Å²) >= 11 is 0. The maximum absolute atomic E-state index is 13.6. The molecule has 0 aromatic heterocycles. The van der Waals surface area contributed by atoms with Crippen LogP contribution in [-0.2, 0) is 4.74 Å². The quantitative estimate of drug-likeness (QED) is 0.825. The van der Waals surface area contributed by atoms with E-state index in [1.165, 1.54) is 19.2 Å². The zero-order valence-corrected chi connectivity index (χ0v) is 12.2. The van der Waals surface area contributed by atoms with Crippen LogP contribution in [0.1, 0.15) is 17.3 Å². The Hall–Kier alpha value is -1.50. The van der Waals surface area contributed by atoms with Gasteiger partial charge in [0.1, 0.15) is 0 Å². The van der Waals surface area contributed by atoms with Crippen LogP contribution >= 0.6 is 0 Å². The Balaban J connectivity index is 2.02. The second-order valence-electron chi connectivity index (χ2n) is 5.22. The van der Waals surface area contributed by atoms with E-state index in [4.69, 9.17) is 9.47 Å². The van der Waals surface area contributed by atoms with Crippen molar-refractivity contribution < 1.29 is 23.8 Å². The molecule has 1 saturated heterocycles.